The van der Waals surface area contributed by atoms with Gasteiger partial charge in [-0.05, 0) is 46.5 Å². The van der Waals surface area contributed by atoms with Crippen molar-refractivity contribution in [3.05, 3.63) is 89.0 Å². The summed E-state index contributed by atoms with van der Waals surface area (Å²) < 4.78 is 6.69. The van der Waals surface area contributed by atoms with Crippen molar-refractivity contribution in [2.75, 3.05) is 7.05 Å². The first kappa shape index (κ1) is 18.9. The highest BCUT2D eigenvalue weighted by atomic mass is 16.7. The van der Waals surface area contributed by atoms with Crippen molar-refractivity contribution in [3.8, 4) is 22.9 Å². The van der Waals surface area contributed by atoms with Crippen LogP contribution in [0.2, 0.25) is 0 Å². The number of ether oxygens (including phenoxy) is 1. The number of hydrogen-bond acceptors (Lipinski definition) is 6. The number of nitrogens with zero attached hydrogens (tertiary/aromatic N) is 3. The topological polar surface area (TPSA) is 83.9 Å². The van der Waals surface area contributed by atoms with Gasteiger partial charge >= 0.3 is 0 Å². The molecule has 0 radical (unpaired) electrons. The first-order valence-corrected chi connectivity index (χ1v) is 10.7. The molecule has 0 bridgehead atoms. The highest BCUT2D eigenvalue weighted by molar-refractivity contribution is 5.79. The van der Waals surface area contributed by atoms with E-state index in [1.54, 1.807) is 13.1 Å². The van der Waals surface area contributed by atoms with Crippen molar-refractivity contribution >= 4 is 5.96 Å². The van der Waals surface area contributed by atoms with Crippen LogP contribution in [0.25, 0.3) is 11.1 Å². The largest absolute Gasteiger partial charge is 0.486 e. The molecule has 1 aliphatic carbocycles. The number of benzene rings is 3. The molecular weight excluding hydrogens is 400 g/mol. The zero-order valence-corrected chi connectivity index (χ0v) is 17.7. The molecule has 1 atom stereocenters. The molecule has 1 unspecified atom stereocenters. The molecule has 158 valence electrons. The van der Waals surface area contributed by atoms with Crippen LogP contribution in [0.5, 0.6) is 5.75 Å². The summed E-state index contributed by atoms with van der Waals surface area (Å²) in [6.07, 6.45) is 2.17. The predicted molar refractivity (Wildman–Crippen MR) is 121 cm³/mol. The van der Waals surface area contributed by atoms with Crippen molar-refractivity contribution in [2.24, 2.45) is 10.7 Å². The van der Waals surface area contributed by atoms with E-state index in [-0.39, 0.29) is 0 Å². The smallest absolute Gasteiger partial charge is 0.222 e. The fourth-order valence-electron chi connectivity index (χ4n) is 5.26. The maximum absolute atomic E-state index is 9.29. The van der Waals surface area contributed by atoms with Crippen LogP contribution in [0.15, 0.2) is 71.7 Å². The van der Waals surface area contributed by atoms with Gasteiger partial charge in [0.25, 0.3) is 0 Å². The number of rotatable bonds is 1. The van der Waals surface area contributed by atoms with Crippen LogP contribution in [-0.4, -0.2) is 23.7 Å². The molecule has 2 N–H and O–H groups in total. The maximum Gasteiger partial charge on any atom is 0.222 e. The fraction of sp³-hybridized carbons (Fsp3) is 0.231. The van der Waals surface area contributed by atoms with Gasteiger partial charge in [-0.1, -0.05) is 42.5 Å². The zero-order valence-electron chi connectivity index (χ0n) is 17.7. The van der Waals surface area contributed by atoms with E-state index in [2.05, 4.69) is 36.4 Å². The molecule has 2 aliphatic heterocycles. The highest BCUT2D eigenvalue weighted by Gasteiger charge is 2.56. The standard InChI is InChI=1S/C26H22N4O2/c1-30-24(28)29-26(32-30)16-25(13-20-6-2-3-7-21(20)14-25)31-23-10-9-19(12-22(23)26)18-8-4-5-17(11-18)15-27/h2-12H,13-14,16H2,1H3,(H2,28,29). The Kier molecular flexibility index (Phi) is 3.89. The summed E-state index contributed by atoms with van der Waals surface area (Å²) in [5.41, 5.74) is 10.8. The van der Waals surface area contributed by atoms with Crippen LogP contribution >= 0.6 is 0 Å². The number of hydrogen-bond donors (Lipinski definition) is 1. The SMILES string of the molecule is CN1OC2(CC3(Cc4ccccc4C3)Oc3ccc(-c4cccc(C#N)c4)cc32)N=C1N. The number of fused-ring (bicyclic) bond motifs is 3. The Bertz CT molecular complexity index is 1300. The van der Waals surface area contributed by atoms with Crippen molar-refractivity contribution < 1.29 is 9.57 Å². The van der Waals surface area contributed by atoms with Gasteiger partial charge in [0.05, 0.1) is 17.2 Å². The number of guanidine groups is 1. The van der Waals surface area contributed by atoms with Crippen molar-refractivity contribution in [3.63, 3.8) is 0 Å². The number of nitrogens with two attached hydrogens (primary N) is 1. The Balaban J connectivity index is 1.48. The van der Waals surface area contributed by atoms with Gasteiger partial charge in [0.2, 0.25) is 11.7 Å². The van der Waals surface area contributed by atoms with E-state index >= 15 is 0 Å². The first-order chi connectivity index (χ1) is 15.5. The van der Waals surface area contributed by atoms with E-state index in [4.69, 9.17) is 20.3 Å². The Hall–Kier alpha value is -3.82. The van der Waals surface area contributed by atoms with Gasteiger partial charge in [0.1, 0.15) is 11.4 Å². The second kappa shape index (κ2) is 6.59. The second-order valence-electron chi connectivity index (χ2n) is 8.83. The average molecular weight is 422 g/mol. The molecule has 6 rings (SSSR count). The Labute approximate surface area is 186 Å². The summed E-state index contributed by atoms with van der Waals surface area (Å²) in [6.45, 7) is 0. The quantitative estimate of drug-likeness (QED) is 0.643. The molecule has 0 aromatic heterocycles. The Morgan fingerprint density at radius 1 is 1.00 bits per heavy atom. The van der Waals surface area contributed by atoms with Crippen LogP contribution in [-0.2, 0) is 23.4 Å². The van der Waals surface area contributed by atoms with E-state index in [1.807, 2.05) is 30.3 Å². The average Bonchev–Trinajstić information content (AvgIpc) is 3.29. The predicted octanol–water partition coefficient (Wildman–Crippen LogP) is 3.89. The summed E-state index contributed by atoms with van der Waals surface area (Å²) in [4.78, 5) is 11.1. The van der Waals surface area contributed by atoms with Crippen LogP contribution in [0.3, 0.4) is 0 Å². The molecule has 2 spiro atoms. The van der Waals surface area contributed by atoms with Gasteiger partial charge < -0.3 is 10.5 Å². The van der Waals surface area contributed by atoms with E-state index < -0.39 is 11.3 Å². The number of aliphatic imine (C=N–C) groups is 1. The molecule has 0 saturated carbocycles. The van der Waals surface area contributed by atoms with Crippen molar-refractivity contribution in [1.29, 1.82) is 5.26 Å². The van der Waals surface area contributed by atoms with Gasteiger partial charge in [-0.2, -0.15) is 5.26 Å². The molecule has 6 nitrogen and oxygen atoms in total. The summed E-state index contributed by atoms with van der Waals surface area (Å²) in [5, 5.41) is 10.8. The summed E-state index contributed by atoms with van der Waals surface area (Å²) in [6, 6.07) is 24.3. The van der Waals surface area contributed by atoms with Gasteiger partial charge in [-0.3, -0.25) is 0 Å². The van der Waals surface area contributed by atoms with Crippen LogP contribution in [0, 0.1) is 11.3 Å². The van der Waals surface area contributed by atoms with Crippen LogP contribution in [0.4, 0.5) is 0 Å². The Morgan fingerprint density at radius 2 is 1.75 bits per heavy atom. The van der Waals surface area contributed by atoms with Crippen LogP contribution in [0.1, 0.15) is 28.7 Å². The monoisotopic (exact) mass is 422 g/mol. The maximum atomic E-state index is 9.29. The van der Waals surface area contributed by atoms with Crippen molar-refractivity contribution in [1.82, 2.24) is 5.06 Å². The molecule has 32 heavy (non-hydrogen) atoms. The molecular formula is C26H22N4O2. The molecule has 0 fully saturated rings. The molecule has 2 heterocycles. The lowest BCUT2D eigenvalue weighted by Crippen LogP contribution is -2.49. The third-order valence-electron chi connectivity index (χ3n) is 6.66. The van der Waals surface area contributed by atoms with Crippen molar-refractivity contribution in [2.45, 2.75) is 30.6 Å². The molecule has 3 aliphatic rings. The molecule has 3 aromatic carbocycles. The minimum atomic E-state index is -0.947. The van der Waals surface area contributed by atoms with E-state index in [1.165, 1.54) is 16.2 Å². The van der Waals surface area contributed by atoms with E-state index in [9.17, 15) is 5.26 Å². The van der Waals surface area contributed by atoms with Gasteiger partial charge in [0.15, 0.2) is 0 Å². The normalized spacial score (nSPS) is 22.2. The Morgan fingerprint density at radius 3 is 2.44 bits per heavy atom. The van der Waals surface area contributed by atoms with Crippen LogP contribution < -0.4 is 10.5 Å². The lowest BCUT2D eigenvalue weighted by atomic mass is 9.81. The third-order valence-corrected chi connectivity index (χ3v) is 6.66. The zero-order chi connectivity index (χ0) is 21.9. The molecule has 6 heteroatoms. The fourth-order valence-corrected chi connectivity index (χ4v) is 5.26. The molecule has 0 amide bonds. The first-order valence-electron chi connectivity index (χ1n) is 10.7. The minimum absolute atomic E-state index is 0.348. The summed E-state index contributed by atoms with van der Waals surface area (Å²) in [7, 11) is 1.78. The van der Waals surface area contributed by atoms with Gasteiger partial charge in [-0.25, -0.2) is 14.9 Å². The highest BCUT2D eigenvalue weighted by Crippen LogP contribution is 2.53. The van der Waals surface area contributed by atoms with Gasteiger partial charge in [-0.15, -0.1) is 0 Å². The summed E-state index contributed by atoms with van der Waals surface area (Å²) >= 11 is 0. The van der Waals surface area contributed by atoms with Gasteiger partial charge in [0, 0.05) is 26.3 Å². The minimum Gasteiger partial charge on any atom is -0.486 e. The lowest BCUT2D eigenvalue weighted by molar-refractivity contribution is -0.203. The lowest BCUT2D eigenvalue weighted by Gasteiger charge is -2.43. The number of nitriles is 1. The number of hydroxylamine groups is 2. The molecule has 0 saturated heterocycles. The van der Waals surface area contributed by atoms with E-state index in [0.29, 0.717) is 17.9 Å². The molecule has 3 aromatic rings. The summed E-state index contributed by atoms with van der Waals surface area (Å²) in [5.74, 6) is 1.11. The second-order valence-corrected chi connectivity index (χ2v) is 8.83. The van der Waals surface area contributed by atoms with E-state index in [0.717, 1.165) is 35.3 Å². The third kappa shape index (κ3) is 2.79.